The number of aromatic hydroxyl groups is 1. The third kappa shape index (κ3) is 2.50. The van der Waals surface area contributed by atoms with E-state index >= 15 is 0 Å². The van der Waals surface area contributed by atoms with Crippen LogP contribution in [0.3, 0.4) is 0 Å². The van der Waals surface area contributed by atoms with E-state index in [1.807, 2.05) is 47.3 Å². The lowest BCUT2D eigenvalue weighted by molar-refractivity contribution is 0.469. The molecule has 0 bridgehead atoms. The van der Waals surface area contributed by atoms with E-state index in [2.05, 4.69) is 17.2 Å². The molecule has 0 aliphatic carbocycles. The van der Waals surface area contributed by atoms with Gasteiger partial charge in [-0.05, 0) is 35.4 Å². The standard InChI is InChI=1S/C16H14N2O/c19-16-5-2-1-4-14(16)12-13-6-8-15(9-7-13)18-11-3-10-17-18/h1-11,19H,12H2. The van der Waals surface area contributed by atoms with Crippen molar-refractivity contribution in [1.29, 1.82) is 0 Å². The zero-order valence-corrected chi connectivity index (χ0v) is 10.4. The second kappa shape index (κ2) is 4.98. The minimum absolute atomic E-state index is 0.346. The Morgan fingerprint density at radius 3 is 2.42 bits per heavy atom. The van der Waals surface area contributed by atoms with Crippen LogP contribution in [0, 0.1) is 0 Å². The third-order valence-electron chi connectivity index (χ3n) is 3.09. The molecule has 3 rings (SSSR count). The van der Waals surface area contributed by atoms with Crippen LogP contribution in [-0.2, 0) is 6.42 Å². The van der Waals surface area contributed by atoms with Crippen molar-refractivity contribution in [3.05, 3.63) is 78.1 Å². The Labute approximate surface area is 111 Å². The molecule has 0 saturated carbocycles. The summed E-state index contributed by atoms with van der Waals surface area (Å²) < 4.78 is 1.82. The Morgan fingerprint density at radius 2 is 1.74 bits per heavy atom. The molecular formula is C16H14N2O. The predicted molar refractivity (Wildman–Crippen MR) is 74.5 cm³/mol. The molecule has 0 unspecified atom stereocenters. The van der Waals surface area contributed by atoms with Gasteiger partial charge < -0.3 is 5.11 Å². The molecule has 0 radical (unpaired) electrons. The molecule has 2 aromatic carbocycles. The van der Waals surface area contributed by atoms with Crippen molar-refractivity contribution in [2.75, 3.05) is 0 Å². The van der Waals surface area contributed by atoms with Crippen LogP contribution < -0.4 is 0 Å². The van der Waals surface area contributed by atoms with Crippen molar-refractivity contribution < 1.29 is 5.11 Å². The van der Waals surface area contributed by atoms with Gasteiger partial charge in [0.2, 0.25) is 0 Å². The van der Waals surface area contributed by atoms with Crippen LogP contribution in [-0.4, -0.2) is 14.9 Å². The van der Waals surface area contributed by atoms with Gasteiger partial charge in [-0.25, -0.2) is 4.68 Å². The van der Waals surface area contributed by atoms with Gasteiger partial charge in [-0.2, -0.15) is 5.10 Å². The van der Waals surface area contributed by atoms with Crippen molar-refractivity contribution in [2.24, 2.45) is 0 Å². The van der Waals surface area contributed by atoms with Gasteiger partial charge in [0.05, 0.1) is 5.69 Å². The fourth-order valence-electron chi connectivity index (χ4n) is 2.07. The highest BCUT2D eigenvalue weighted by Gasteiger charge is 2.02. The third-order valence-corrected chi connectivity index (χ3v) is 3.09. The molecule has 19 heavy (non-hydrogen) atoms. The first-order chi connectivity index (χ1) is 9.33. The lowest BCUT2D eigenvalue weighted by Gasteiger charge is -2.06. The Hall–Kier alpha value is -2.55. The number of para-hydroxylation sites is 1. The lowest BCUT2D eigenvalue weighted by Crippen LogP contribution is -1.95. The molecule has 1 N–H and O–H groups in total. The van der Waals surface area contributed by atoms with Crippen LogP contribution in [0.15, 0.2) is 67.0 Å². The summed E-state index contributed by atoms with van der Waals surface area (Å²) in [6.07, 6.45) is 4.40. The Kier molecular flexibility index (Phi) is 3.02. The number of benzene rings is 2. The number of hydrogen-bond acceptors (Lipinski definition) is 2. The maximum Gasteiger partial charge on any atom is 0.119 e. The number of rotatable bonds is 3. The smallest absolute Gasteiger partial charge is 0.119 e. The highest BCUT2D eigenvalue weighted by molar-refractivity contribution is 5.39. The van der Waals surface area contributed by atoms with Crippen molar-refractivity contribution in [3.63, 3.8) is 0 Å². The monoisotopic (exact) mass is 250 g/mol. The molecule has 0 fully saturated rings. The van der Waals surface area contributed by atoms with Gasteiger partial charge in [0.15, 0.2) is 0 Å². The molecule has 3 aromatic rings. The second-order valence-electron chi connectivity index (χ2n) is 4.42. The summed E-state index contributed by atoms with van der Waals surface area (Å²) in [6, 6.07) is 17.5. The van der Waals surface area contributed by atoms with Gasteiger partial charge in [-0.15, -0.1) is 0 Å². The molecule has 94 valence electrons. The Balaban J connectivity index is 1.82. The van der Waals surface area contributed by atoms with Crippen LogP contribution in [0.25, 0.3) is 5.69 Å². The first-order valence-corrected chi connectivity index (χ1v) is 6.19. The molecular weight excluding hydrogens is 236 g/mol. The molecule has 0 aliphatic heterocycles. The average molecular weight is 250 g/mol. The van der Waals surface area contributed by atoms with Crippen molar-refractivity contribution in [2.45, 2.75) is 6.42 Å². The lowest BCUT2D eigenvalue weighted by atomic mass is 10.0. The topological polar surface area (TPSA) is 38.0 Å². The summed E-state index contributed by atoms with van der Waals surface area (Å²) in [5.74, 6) is 0.346. The van der Waals surface area contributed by atoms with Crippen molar-refractivity contribution >= 4 is 0 Å². The van der Waals surface area contributed by atoms with Gasteiger partial charge >= 0.3 is 0 Å². The number of nitrogens with zero attached hydrogens (tertiary/aromatic N) is 2. The average Bonchev–Trinajstić information content (AvgIpc) is 2.96. The van der Waals surface area contributed by atoms with Crippen LogP contribution in [0.5, 0.6) is 5.75 Å². The summed E-state index contributed by atoms with van der Waals surface area (Å²) >= 11 is 0. The minimum Gasteiger partial charge on any atom is -0.508 e. The minimum atomic E-state index is 0.346. The van der Waals surface area contributed by atoms with Gasteiger partial charge in [-0.1, -0.05) is 30.3 Å². The maximum atomic E-state index is 9.76. The maximum absolute atomic E-state index is 9.76. The Morgan fingerprint density at radius 1 is 0.947 bits per heavy atom. The van der Waals surface area contributed by atoms with Gasteiger partial charge in [0, 0.05) is 18.8 Å². The van der Waals surface area contributed by atoms with E-state index in [1.165, 1.54) is 0 Å². The highest BCUT2D eigenvalue weighted by atomic mass is 16.3. The molecule has 1 aromatic heterocycles. The molecule has 3 nitrogen and oxygen atoms in total. The number of phenolic OH excluding ortho intramolecular Hbond substituents is 1. The predicted octanol–water partition coefficient (Wildman–Crippen LogP) is 3.17. The number of phenols is 1. The molecule has 0 aliphatic rings. The van der Waals surface area contributed by atoms with E-state index in [-0.39, 0.29) is 0 Å². The van der Waals surface area contributed by atoms with E-state index in [0.29, 0.717) is 5.75 Å². The summed E-state index contributed by atoms with van der Waals surface area (Å²) in [5, 5.41) is 14.0. The molecule has 0 amide bonds. The van der Waals surface area contributed by atoms with E-state index in [0.717, 1.165) is 23.2 Å². The fraction of sp³-hybridized carbons (Fsp3) is 0.0625. The van der Waals surface area contributed by atoms with Crippen molar-refractivity contribution in [3.8, 4) is 11.4 Å². The van der Waals surface area contributed by atoms with Crippen LogP contribution in [0.1, 0.15) is 11.1 Å². The normalized spacial score (nSPS) is 10.5. The summed E-state index contributed by atoms with van der Waals surface area (Å²) in [4.78, 5) is 0. The summed E-state index contributed by atoms with van der Waals surface area (Å²) in [7, 11) is 0. The van der Waals surface area contributed by atoms with Crippen LogP contribution in [0.4, 0.5) is 0 Å². The molecule has 3 heteroatoms. The van der Waals surface area contributed by atoms with Gasteiger partial charge in [0.25, 0.3) is 0 Å². The zero-order chi connectivity index (χ0) is 13.1. The van der Waals surface area contributed by atoms with E-state index in [1.54, 1.807) is 12.3 Å². The number of aromatic nitrogens is 2. The first-order valence-electron chi connectivity index (χ1n) is 6.19. The van der Waals surface area contributed by atoms with Gasteiger partial charge in [-0.3, -0.25) is 0 Å². The fourth-order valence-corrected chi connectivity index (χ4v) is 2.07. The van der Waals surface area contributed by atoms with E-state index in [9.17, 15) is 5.11 Å². The molecule has 0 spiro atoms. The highest BCUT2D eigenvalue weighted by Crippen LogP contribution is 2.20. The summed E-state index contributed by atoms with van der Waals surface area (Å²) in [6.45, 7) is 0. The first kappa shape index (κ1) is 11.5. The van der Waals surface area contributed by atoms with Gasteiger partial charge in [0.1, 0.15) is 5.75 Å². The van der Waals surface area contributed by atoms with E-state index in [4.69, 9.17) is 0 Å². The quantitative estimate of drug-likeness (QED) is 0.775. The summed E-state index contributed by atoms with van der Waals surface area (Å²) in [5.41, 5.74) is 3.14. The van der Waals surface area contributed by atoms with Crippen LogP contribution >= 0.6 is 0 Å². The molecule has 0 atom stereocenters. The SMILES string of the molecule is Oc1ccccc1Cc1ccc(-n2cccn2)cc1. The second-order valence-corrected chi connectivity index (χ2v) is 4.42. The largest absolute Gasteiger partial charge is 0.508 e. The molecule has 1 heterocycles. The van der Waals surface area contributed by atoms with E-state index < -0.39 is 0 Å². The zero-order valence-electron chi connectivity index (χ0n) is 10.4. The van der Waals surface area contributed by atoms with Crippen molar-refractivity contribution in [1.82, 2.24) is 9.78 Å². The van der Waals surface area contributed by atoms with Crippen LogP contribution in [0.2, 0.25) is 0 Å². The molecule has 0 saturated heterocycles. The Bertz CT molecular complexity index is 657. The number of hydrogen-bond donors (Lipinski definition) is 1.